The normalized spacial score (nSPS) is 25.7. The van der Waals surface area contributed by atoms with Crippen molar-refractivity contribution < 1.29 is 0 Å². The van der Waals surface area contributed by atoms with Crippen LogP contribution in [0, 0.1) is 5.41 Å². The first kappa shape index (κ1) is 15.8. The minimum absolute atomic E-state index is 0.518. The number of hydrogen-bond donors (Lipinski definition) is 0. The van der Waals surface area contributed by atoms with Gasteiger partial charge in [-0.25, -0.2) is 0 Å². The molecule has 112 valence electrons. The van der Waals surface area contributed by atoms with Gasteiger partial charge in [-0.15, -0.1) is 0 Å². The third kappa shape index (κ3) is 3.95. The molecule has 0 aromatic heterocycles. The topological polar surface area (TPSA) is 6.48 Å². The van der Waals surface area contributed by atoms with Crippen LogP contribution in [0.3, 0.4) is 0 Å². The Hall–Kier alpha value is 0.400. The Labute approximate surface area is 128 Å². The lowest BCUT2D eigenvalue weighted by Gasteiger charge is -2.43. The van der Waals surface area contributed by atoms with Crippen LogP contribution in [0.5, 0.6) is 0 Å². The molecule has 2 heterocycles. The molecule has 2 rings (SSSR count). The standard InChI is InChI=1S/C16H31BrN2/c1-3-7-16(13-17,8-4-2)14-18-10-11-19-9-5-6-15(19)12-18/h15H,3-14H2,1-2H3. The number of piperazine rings is 1. The Morgan fingerprint density at radius 1 is 1.11 bits per heavy atom. The Kier molecular flexibility index (Phi) is 6.16. The van der Waals surface area contributed by atoms with Gasteiger partial charge in [-0.05, 0) is 37.6 Å². The van der Waals surface area contributed by atoms with E-state index in [4.69, 9.17) is 0 Å². The van der Waals surface area contributed by atoms with Gasteiger partial charge in [0.1, 0.15) is 0 Å². The maximum atomic E-state index is 3.82. The fraction of sp³-hybridized carbons (Fsp3) is 1.00. The maximum Gasteiger partial charge on any atom is 0.0224 e. The Morgan fingerprint density at radius 2 is 1.84 bits per heavy atom. The first-order valence-electron chi connectivity index (χ1n) is 8.25. The van der Waals surface area contributed by atoms with Crippen molar-refractivity contribution in [3.63, 3.8) is 0 Å². The lowest BCUT2D eigenvalue weighted by Crippen LogP contribution is -2.53. The SMILES string of the molecule is CCCC(CBr)(CCC)CN1CCN2CCCC2C1. The van der Waals surface area contributed by atoms with Crippen molar-refractivity contribution in [1.29, 1.82) is 0 Å². The van der Waals surface area contributed by atoms with Crippen molar-refractivity contribution in [1.82, 2.24) is 9.80 Å². The molecule has 0 amide bonds. The van der Waals surface area contributed by atoms with Crippen molar-refractivity contribution in [2.45, 2.75) is 58.4 Å². The second kappa shape index (κ2) is 7.42. The van der Waals surface area contributed by atoms with Gasteiger partial charge in [0.15, 0.2) is 0 Å². The van der Waals surface area contributed by atoms with Gasteiger partial charge in [0, 0.05) is 37.6 Å². The fourth-order valence-electron chi connectivity index (χ4n) is 4.19. The lowest BCUT2D eigenvalue weighted by molar-refractivity contribution is 0.0646. The molecule has 0 aliphatic carbocycles. The zero-order valence-corrected chi connectivity index (χ0v) is 14.4. The molecule has 2 aliphatic heterocycles. The highest BCUT2D eigenvalue weighted by Gasteiger charge is 2.35. The number of rotatable bonds is 7. The van der Waals surface area contributed by atoms with E-state index in [0.29, 0.717) is 5.41 Å². The first-order chi connectivity index (χ1) is 9.23. The van der Waals surface area contributed by atoms with Crippen LogP contribution in [0.2, 0.25) is 0 Å². The summed E-state index contributed by atoms with van der Waals surface area (Å²) in [7, 11) is 0. The molecule has 0 aromatic rings. The molecule has 0 radical (unpaired) electrons. The smallest absolute Gasteiger partial charge is 0.0224 e. The van der Waals surface area contributed by atoms with Crippen LogP contribution >= 0.6 is 15.9 Å². The number of hydrogen-bond acceptors (Lipinski definition) is 2. The van der Waals surface area contributed by atoms with Gasteiger partial charge in [-0.3, -0.25) is 9.80 Å². The predicted octanol–water partition coefficient (Wildman–Crippen LogP) is 3.75. The molecule has 1 unspecified atom stereocenters. The zero-order valence-electron chi connectivity index (χ0n) is 12.8. The van der Waals surface area contributed by atoms with E-state index < -0.39 is 0 Å². The average Bonchev–Trinajstić information content (AvgIpc) is 2.86. The van der Waals surface area contributed by atoms with Crippen molar-refractivity contribution >= 4 is 15.9 Å². The highest BCUT2D eigenvalue weighted by atomic mass is 79.9. The molecule has 0 aromatic carbocycles. The molecule has 2 nitrogen and oxygen atoms in total. The zero-order chi connectivity index (χ0) is 13.7. The summed E-state index contributed by atoms with van der Waals surface area (Å²) >= 11 is 3.82. The van der Waals surface area contributed by atoms with Crippen LogP contribution in [0.4, 0.5) is 0 Å². The van der Waals surface area contributed by atoms with E-state index in [0.717, 1.165) is 6.04 Å². The van der Waals surface area contributed by atoms with Gasteiger partial charge in [-0.1, -0.05) is 42.6 Å². The highest BCUT2D eigenvalue weighted by Crippen LogP contribution is 2.34. The van der Waals surface area contributed by atoms with Crippen LogP contribution in [0.1, 0.15) is 52.4 Å². The maximum absolute atomic E-state index is 3.82. The first-order valence-corrected chi connectivity index (χ1v) is 9.37. The largest absolute Gasteiger partial charge is 0.300 e. The highest BCUT2D eigenvalue weighted by molar-refractivity contribution is 9.09. The minimum Gasteiger partial charge on any atom is -0.300 e. The summed E-state index contributed by atoms with van der Waals surface area (Å²) in [4.78, 5) is 5.48. The molecule has 0 bridgehead atoms. The van der Waals surface area contributed by atoms with E-state index >= 15 is 0 Å². The number of fused-ring (bicyclic) bond motifs is 1. The molecule has 2 aliphatic rings. The van der Waals surface area contributed by atoms with Crippen LogP contribution in [-0.2, 0) is 0 Å². The quantitative estimate of drug-likeness (QED) is 0.656. The van der Waals surface area contributed by atoms with E-state index in [1.807, 2.05) is 0 Å². The van der Waals surface area contributed by atoms with Crippen molar-refractivity contribution in [2.24, 2.45) is 5.41 Å². The van der Waals surface area contributed by atoms with E-state index in [2.05, 4.69) is 39.6 Å². The molecular weight excluding hydrogens is 300 g/mol. The van der Waals surface area contributed by atoms with Gasteiger partial charge < -0.3 is 0 Å². The van der Waals surface area contributed by atoms with E-state index in [1.165, 1.54) is 76.6 Å². The number of alkyl halides is 1. The molecule has 2 saturated heterocycles. The van der Waals surface area contributed by atoms with Crippen molar-refractivity contribution in [3.8, 4) is 0 Å². The molecular formula is C16H31BrN2. The summed E-state index contributed by atoms with van der Waals surface area (Å²) in [6.07, 6.45) is 8.23. The summed E-state index contributed by atoms with van der Waals surface area (Å²) in [6.45, 7) is 11.3. The van der Waals surface area contributed by atoms with Gasteiger partial charge in [0.2, 0.25) is 0 Å². The summed E-state index contributed by atoms with van der Waals surface area (Å²) in [5, 5.41) is 1.17. The molecule has 0 saturated carbocycles. The summed E-state index contributed by atoms with van der Waals surface area (Å²) in [5.74, 6) is 0. The molecule has 19 heavy (non-hydrogen) atoms. The second-order valence-electron chi connectivity index (χ2n) is 6.70. The van der Waals surface area contributed by atoms with Gasteiger partial charge >= 0.3 is 0 Å². The monoisotopic (exact) mass is 330 g/mol. The van der Waals surface area contributed by atoms with Crippen LogP contribution < -0.4 is 0 Å². The Balaban J connectivity index is 1.92. The summed E-state index contributed by atoms with van der Waals surface area (Å²) < 4.78 is 0. The fourth-order valence-corrected chi connectivity index (χ4v) is 4.93. The number of halogens is 1. The third-order valence-corrected chi connectivity index (χ3v) is 6.26. The molecule has 0 spiro atoms. The van der Waals surface area contributed by atoms with E-state index in [-0.39, 0.29) is 0 Å². The minimum atomic E-state index is 0.518. The molecule has 3 heteroatoms. The van der Waals surface area contributed by atoms with Gasteiger partial charge in [0.05, 0.1) is 0 Å². The van der Waals surface area contributed by atoms with Gasteiger partial charge in [0.25, 0.3) is 0 Å². The van der Waals surface area contributed by atoms with E-state index in [9.17, 15) is 0 Å². The van der Waals surface area contributed by atoms with Crippen LogP contribution in [0.25, 0.3) is 0 Å². The average molecular weight is 331 g/mol. The third-order valence-electron chi connectivity index (χ3n) is 5.07. The Morgan fingerprint density at radius 3 is 2.47 bits per heavy atom. The predicted molar refractivity (Wildman–Crippen MR) is 87.1 cm³/mol. The summed E-state index contributed by atoms with van der Waals surface area (Å²) in [5.41, 5.74) is 0.518. The van der Waals surface area contributed by atoms with Crippen molar-refractivity contribution in [3.05, 3.63) is 0 Å². The van der Waals surface area contributed by atoms with Crippen LogP contribution in [-0.4, -0.2) is 53.9 Å². The molecule has 0 N–H and O–H groups in total. The molecule has 1 atom stereocenters. The van der Waals surface area contributed by atoms with Crippen LogP contribution in [0.15, 0.2) is 0 Å². The Bertz CT molecular complexity index is 263. The van der Waals surface area contributed by atoms with E-state index in [1.54, 1.807) is 0 Å². The lowest BCUT2D eigenvalue weighted by atomic mass is 9.80. The molecule has 2 fully saturated rings. The number of nitrogens with zero attached hydrogens (tertiary/aromatic N) is 2. The summed E-state index contributed by atoms with van der Waals surface area (Å²) in [6, 6.07) is 0.866. The van der Waals surface area contributed by atoms with Gasteiger partial charge in [-0.2, -0.15) is 0 Å². The second-order valence-corrected chi connectivity index (χ2v) is 7.26. The van der Waals surface area contributed by atoms with Crippen molar-refractivity contribution in [2.75, 3.05) is 38.1 Å².